The first kappa shape index (κ1) is 7.85. The van der Waals surface area contributed by atoms with E-state index in [1.54, 1.807) is 12.3 Å². The van der Waals surface area contributed by atoms with Crippen LogP contribution >= 0.6 is 0 Å². The standard InChI is InChI=1S/C8H10N2O/c1-8(2,5-11)7-3-4-9-6-10-7/h3-6H,1-2H3. The van der Waals surface area contributed by atoms with E-state index in [4.69, 9.17) is 0 Å². The van der Waals surface area contributed by atoms with Crippen molar-refractivity contribution in [2.45, 2.75) is 19.3 Å². The zero-order chi connectivity index (χ0) is 8.32. The maximum atomic E-state index is 10.6. The quantitative estimate of drug-likeness (QED) is 0.589. The van der Waals surface area contributed by atoms with Crippen molar-refractivity contribution in [3.63, 3.8) is 0 Å². The fourth-order valence-electron chi connectivity index (χ4n) is 0.732. The first-order chi connectivity index (χ1) is 5.17. The Morgan fingerprint density at radius 1 is 1.55 bits per heavy atom. The van der Waals surface area contributed by atoms with Crippen LogP contribution < -0.4 is 0 Å². The molecule has 0 saturated carbocycles. The van der Waals surface area contributed by atoms with Crippen LogP contribution in [0.5, 0.6) is 0 Å². The summed E-state index contributed by atoms with van der Waals surface area (Å²) in [6, 6.07) is 1.74. The molecule has 0 spiro atoms. The Bertz CT molecular complexity index is 244. The molecule has 0 aliphatic heterocycles. The van der Waals surface area contributed by atoms with E-state index in [1.165, 1.54) is 6.33 Å². The van der Waals surface area contributed by atoms with E-state index >= 15 is 0 Å². The van der Waals surface area contributed by atoms with E-state index in [9.17, 15) is 4.79 Å². The number of carbonyl (C=O) groups excluding carboxylic acids is 1. The lowest BCUT2D eigenvalue weighted by atomic mass is 9.91. The molecule has 58 valence electrons. The number of aromatic nitrogens is 2. The lowest BCUT2D eigenvalue weighted by molar-refractivity contribution is -0.111. The summed E-state index contributed by atoms with van der Waals surface area (Å²) < 4.78 is 0. The molecule has 1 heterocycles. The van der Waals surface area contributed by atoms with Gasteiger partial charge < -0.3 is 4.79 Å². The topological polar surface area (TPSA) is 42.9 Å². The summed E-state index contributed by atoms with van der Waals surface area (Å²) in [5.41, 5.74) is 0.255. The monoisotopic (exact) mass is 150 g/mol. The Balaban J connectivity index is 3.02. The van der Waals surface area contributed by atoms with Gasteiger partial charge in [0, 0.05) is 6.20 Å². The number of aldehydes is 1. The predicted molar refractivity (Wildman–Crippen MR) is 41.1 cm³/mol. The summed E-state index contributed by atoms with van der Waals surface area (Å²) in [6.07, 6.45) is 3.96. The Morgan fingerprint density at radius 3 is 2.73 bits per heavy atom. The summed E-state index contributed by atoms with van der Waals surface area (Å²) in [5.74, 6) is 0. The molecule has 0 saturated heterocycles. The van der Waals surface area contributed by atoms with Gasteiger partial charge in [-0.3, -0.25) is 0 Å². The van der Waals surface area contributed by atoms with Crippen LogP contribution in [0.25, 0.3) is 0 Å². The van der Waals surface area contributed by atoms with Crippen molar-refractivity contribution in [3.05, 3.63) is 24.3 Å². The smallest absolute Gasteiger partial charge is 0.131 e. The van der Waals surface area contributed by atoms with E-state index < -0.39 is 5.41 Å². The lowest BCUT2D eigenvalue weighted by Gasteiger charge is -2.14. The molecule has 0 amide bonds. The van der Waals surface area contributed by atoms with E-state index in [-0.39, 0.29) is 0 Å². The van der Waals surface area contributed by atoms with E-state index in [1.807, 2.05) is 13.8 Å². The number of carbonyl (C=O) groups is 1. The van der Waals surface area contributed by atoms with Crippen LogP contribution in [0.4, 0.5) is 0 Å². The van der Waals surface area contributed by atoms with Crippen LogP contribution in [-0.4, -0.2) is 16.3 Å². The van der Waals surface area contributed by atoms with E-state index in [0.29, 0.717) is 0 Å². The van der Waals surface area contributed by atoms with Crippen molar-refractivity contribution in [3.8, 4) is 0 Å². The molecule has 0 aromatic carbocycles. The highest BCUT2D eigenvalue weighted by molar-refractivity contribution is 5.65. The zero-order valence-electron chi connectivity index (χ0n) is 6.61. The van der Waals surface area contributed by atoms with Crippen LogP contribution in [0.15, 0.2) is 18.6 Å². The molecule has 0 aliphatic carbocycles. The summed E-state index contributed by atoms with van der Waals surface area (Å²) in [5, 5.41) is 0. The molecule has 1 rings (SSSR count). The Labute approximate surface area is 65.5 Å². The SMILES string of the molecule is CC(C)(C=O)c1ccncn1. The van der Waals surface area contributed by atoms with Gasteiger partial charge >= 0.3 is 0 Å². The highest BCUT2D eigenvalue weighted by Gasteiger charge is 2.20. The first-order valence-corrected chi connectivity index (χ1v) is 3.39. The Hall–Kier alpha value is -1.25. The number of rotatable bonds is 2. The minimum atomic E-state index is -0.497. The molecule has 0 atom stereocenters. The third-order valence-corrected chi connectivity index (χ3v) is 1.54. The van der Waals surface area contributed by atoms with Crippen molar-refractivity contribution in [2.75, 3.05) is 0 Å². The van der Waals surface area contributed by atoms with E-state index in [2.05, 4.69) is 9.97 Å². The van der Waals surface area contributed by atoms with Crippen molar-refractivity contribution < 1.29 is 4.79 Å². The fourth-order valence-corrected chi connectivity index (χ4v) is 0.732. The number of hydrogen-bond acceptors (Lipinski definition) is 3. The van der Waals surface area contributed by atoms with Crippen LogP contribution in [0.1, 0.15) is 19.5 Å². The van der Waals surface area contributed by atoms with Gasteiger partial charge in [-0.1, -0.05) is 0 Å². The maximum absolute atomic E-state index is 10.6. The second-order valence-electron chi connectivity index (χ2n) is 2.93. The molecular formula is C8H10N2O. The van der Waals surface area contributed by atoms with Crippen LogP contribution in [0.3, 0.4) is 0 Å². The van der Waals surface area contributed by atoms with Gasteiger partial charge in [0.05, 0.1) is 11.1 Å². The average Bonchev–Trinajstić information content (AvgIpc) is 2.06. The van der Waals surface area contributed by atoms with Crippen molar-refractivity contribution >= 4 is 6.29 Å². The van der Waals surface area contributed by atoms with Gasteiger partial charge in [0.15, 0.2) is 0 Å². The molecule has 0 fully saturated rings. The third-order valence-electron chi connectivity index (χ3n) is 1.54. The average molecular weight is 150 g/mol. The van der Waals surface area contributed by atoms with Crippen molar-refractivity contribution in [1.82, 2.24) is 9.97 Å². The van der Waals surface area contributed by atoms with Gasteiger partial charge in [-0.25, -0.2) is 9.97 Å². The normalized spacial score (nSPS) is 11.1. The van der Waals surface area contributed by atoms with Crippen molar-refractivity contribution in [1.29, 1.82) is 0 Å². The lowest BCUT2D eigenvalue weighted by Crippen LogP contribution is -2.20. The minimum Gasteiger partial charge on any atom is -0.302 e. The number of hydrogen-bond donors (Lipinski definition) is 0. The molecule has 3 nitrogen and oxygen atoms in total. The minimum absolute atomic E-state index is 0.497. The highest BCUT2D eigenvalue weighted by atomic mass is 16.1. The number of nitrogens with zero attached hydrogens (tertiary/aromatic N) is 2. The second kappa shape index (κ2) is 2.78. The van der Waals surface area contributed by atoms with Gasteiger partial charge in [0.25, 0.3) is 0 Å². The second-order valence-corrected chi connectivity index (χ2v) is 2.93. The molecule has 1 aromatic rings. The Morgan fingerprint density at radius 2 is 2.27 bits per heavy atom. The molecule has 0 N–H and O–H groups in total. The first-order valence-electron chi connectivity index (χ1n) is 3.39. The van der Waals surface area contributed by atoms with Gasteiger partial charge in [0.2, 0.25) is 0 Å². The van der Waals surface area contributed by atoms with Gasteiger partial charge in [0.1, 0.15) is 12.6 Å². The van der Waals surface area contributed by atoms with Crippen LogP contribution in [0.2, 0.25) is 0 Å². The van der Waals surface area contributed by atoms with E-state index in [0.717, 1.165) is 12.0 Å². The molecule has 1 aromatic heterocycles. The Kier molecular flexibility index (Phi) is 1.98. The molecule has 0 bridgehead atoms. The molecular weight excluding hydrogens is 140 g/mol. The molecule has 0 aliphatic rings. The molecule has 0 radical (unpaired) electrons. The van der Waals surface area contributed by atoms with Gasteiger partial charge in [-0.2, -0.15) is 0 Å². The summed E-state index contributed by atoms with van der Waals surface area (Å²) >= 11 is 0. The summed E-state index contributed by atoms with van der Waals surface area (Å²) in [4.78, 5) is 18.3. The maximum Gasteiger partial charge on any atom is 0.131 e. The van der Waals surface area contributed by atoms with Gasteiger partial charge in [-0.05, 0) is 19.9 Å². The summed E-state index contributed by atoms with van der Waals surface area (Å²) in [7, 11) is 0. The highest BCUT2D eigenvalue weighted by Crippen LogP contribution is 2.16. The zero-order valence-corrected chi connectivity index (χ0v) is 6.61. The largest absolute Gasteiger partial charge is 0.302 e. The van der Waals surface area contributed by atoms with Crippen LogP contribution in [-0.2, 0) is 10.2 Å². The fraction of sp³-hybridized carbons (Fsp3) is 0.375. The predicted octanol–water partition coefficient (Wildman–Crippen LogP) is 0.953. The van der Waals surface area contributed by atoms with Crippen molar-refractivity contribution in [2.24, 2.45) is 0 Å². The van der Waals surface area contributed by atoms with Gasteiger partial charge in [-0.15, -0.1) is 0 Å². The summed E-state index contributed by atoms with van der Waals surface area (Å²) in [6.45, 7) is 3.64. The molecule has 11 heavy (non-hydrogen) atoms. The van der Waals surface area contributed by atoms with Crippen LogP contribution in [0, 0.1) is 0 Å². The molecule has 3 heteroatoms. The molecule has 0 unspecified atom stereocenters. The third kappa shape index (κ3) is 1.61.